The van der Waals surface area contributed by atoms with E-state index < -0.39 is 0 Å². The first-order valence-electron chi connectivity index (χ1n) is 7.26. The highest BCUT2D eigenvalue weighted by atomic mass is 16.5. The quantitative estimate of drug-likeness (QED) is 0.610. The molecule has 20 heavy (non-hydrogen) atoms. The van der Waals surface area contributed by atoms with E-state index in [9.17, 15) is 0 Å². The Morgan fingerprint density at radius 2 is 1.55 bits per heavy atom. The van der Waals surface area contributed by atoms with Gasteiger partial charge in [0.25, 0.3) is 0 Å². The van der Waals surface area contributed by atoms with Crippen LogP contribution >= 0.6 is 0 Å². The molecule has 0 saturated carbocycles. The fraction of sp³-hybridized carbons (Fsp3) is 0.444. The normalized spacial score (nSPS) is 11.1. The molecule has 0 aliphatic rings. The van der Waals surface area contributed by atoms with Crippen LogP contribution < -0.4 is 9.47 Å². The summed E-state index contributed by atoms with van der Waals surface area (Å²) in [6, 6.07) is 7.75. The van der Waals surface area contributed by atoms with E-state index in [2.05, 4.69) is 32.9 Å². The van der Waals surface area contributed by atoms with Crippen LogP contribution in [0.5, 0.6) is 11.5 Å². The summed E-state index contributed by atoms with van der Waals surface area (Å²) in [6.45, 7) is 9.71. The Morgan fingerprint density at radius 3 is 2.10 bits per heavy atom. The lowest BCUT2D eigenvalue weighted by Gasteiger charge is -2.06. The molecule has 0 aliphatic heterocycles. The highest BCUT2D eigenvalue weighted by Gasteiger charge is 1.95. The summed E-state index contributed by atoms with van der Waals surface area (Å²) in [5.74, 6) is 1.76. The summed E-state index contributed by atoms with van der Waals surface area (Å²) < 4.78 is 11.1. The molecule has 0 heterocycles. The van der Waals surface area contributed by atoms with Crippen molar-refractivity contribution in [3.63, 3.8) is 0 Å². The van der Waals surface area contributed by atoms with Gasteiger partial charge in [0.2, 0.25) is 0 Å². The van der Waals surface area contributed by atoms with Crippen LogP contribution in [-0.2, 0) is 0 Å². The topological polar surface area (TPSA) is 18.5 Å². The first-order valence-corrected chi connectivity index (χ1v) is 7.26. The molecule has 2 nitrogen and oxygen atoms in total. The van der Waals surface area contributed by atoms with E-state index in [-0.39, 0.29) is 0 Å². The number of ether oxygens (including phenoxy) is 2. The first-order chi connectivity index (χ1) is 9.61. The molecular weight excluding hydrogens is 248 g/mol. The Hall–Kier alpha value is -1.70. The molecule has 0 bridgehead atoms. The van der Waals surface area contributed by atoms with Gasteiger partial charge in [-0.3, -0.25) is 0 Å². The minimum Gasteiger partial charge on any atom is -0.494 e. The van der Waals surface area contributed by atoms with E-state index in [0.717, 1.165) is 24.3 Å². The second-order valence-electron chi connectivity index (χ2n) is 5.09. The van der Waals surface area contributed by atoms with Gasteiger partial charge in [0.1, 0.15) is 18.1 Å². The highest BCUT2D eigenvalue weighted by Crippen LogP contribution is 2.17. The van der Waals surface area contributed by atoms with Gasteiger partial charge in [-0.1, -0.05) is 17.2 Å². The molecule has 0 radical (unpaired) electrons. The van der Waals surface area contributed by atoms with Gasteiger partial charge in [-0.05, 0) is 70.9 Å². The predicted octanol–water partition coefficient (Wildman–Crippen LogP) is 5.16. The molecule has 1 aromatic rings. The summed E-state index contributed by atoms with van der Waals surface area (Å²) in [7, 11) is 0. The Balaban J connectivity index is 2.33. The molecule has 0 aliphatic carbocycles. The van der Waals surface area contributed by atoms with Crippen molar-refractivity contribution < 1.29 is 9.47 Å². The first kappa shape index (κ1) is 16.4. The highest BCUT2D eigenvalue weighted by molar-refractivity contribution is 5.31. The summed E-state index contributed by atoms with van der Waals surface area (Å²) in [5, 5.41) is 0. The van der Waals surface area contributed by atoms with Crippen LogP contribution in [0.3, 0.4) is 0 Å². The van der Waals surface area contributed by atoms with Gasteiger partial charge < -0.3 is 9.47 Å². The van der Waals surface area contributed by atoms with Crippen LogP contribution in [0, 0.1) is 0 Å². The maximum atomic E-state index is 5.69. The Labute approximate surface area is 123 Å². The Morgan fingerprint density at radius 1 is 0.950 bits per heavy atom. The molecule has 2 heteroatoms. The number of benzene rings is 1. The van der Waals surface area contributed by atoms with Gasteiger partial charge in [-0.15, -0.1) is 0 Å². The van der Waals surface area contributed by atoms with Crippen LogP contribution in [0.4, 0.5) is 0 Å². The smallest absolute Gasteiger partial charge is 0.120 e. The maximum absolute atomic E-state index is 5.69. The molecule has 110 valence electrons. The van der Waals surface area contributed by atoms with Gasteiger partial charge >= 0.3 is 0 Å². The van der Waals surface area contributed by atoms with E-state index in [1.165, 1.54) is 11.1 Å². The van der Waals surface area contributed by atoms with Gasteiger partial charge in [0, 0.05) is 0 Å². The zero-order valence-electron chi connectivity index (χ0n) is 13.1. The second kappa shape index (κ2) is 9.24. The third kappa shape index (κ3) is 7.03. The van der Waals surface area contributed by atoms with Gasteiger partial charge in [0.15, 0.2) is 0 Å². The molecule has 1 aromatic carbocycles. The fourth-order valence-corrected chi connectivity index (χ4v) is 1.77. The number of hydrogen-bond donors (Lipinski definition) is 0. The van der Waals surface area contributed by atoms with Crippen molar-refractivity contribution in [1.82, 2.24) is 0 Å². The van der Waals surface area contributed by atoms with E-state index in [1.807, 2.05) is 31.2 Å². The Kier molecular flexibility index (Phi) is 7.56. The fourth-order valence-electron chi connectivity index (χ4n) is 1.77. The minimum atomic E-state index is 0.620. The zero-order chi connectivity index (χ0) is 14.8. The molecule has 0 spiro atoms. The third-order valence-corrected chi connectivity index (χ3v) is 2.91. The largest absolute Gasteiger partial charge is 0.494 e. The van der Waals surface area contributed by atoms with Crippen molar-refractivity contribution in [2.75, 3.05) is 13.2 Å². The van der Waals surface area contributed by atoms with E-state index >= 15 is 0 Å². The van der Waals surface area contributed by atoms with Crippen molar-refractivity contribution >= 4 is 0 Å². The maximum Gasteiger partial charge on any atom is 0.120 e. The SMILES string of the molecule is CCOc1ccc(OC/C=C(\C)CCC=C(C)C)cc1. The Bertz CT molecular complexity index is 437. The molecule has 0 fully saturated rings. The molecule has 0 amide bonds. The van der Waals surface area contributed by atoms with Crippen molar-refractivity contribution in [3.05, 3.63) is 47.6 Å². The summed E-state index contributed by atoms with van der Waals surface area (Å²) >= 11 is 0. The van der Waals surface area contributed by atoms with E-state index in [4.69, 9.17) is 9.47 Å². The molecular formula is C18H26O2. The number of rotatable bonds is 8. The zero-order valence-corrected chi connectivity index (χ0v) is 13.1. The summed E-state index contributed by atoms with van der Waals surface area (Å²) in [4.78, 5) is 0. The van der Waals surface area contributed by atoms with Crippen LogP contribution in [-0.4, -0.2) is 13.2 Å². The average Bonchev–Trinajstić information content (AvgIpc) is 2.40. The lowest BCUT2D eigenvalue weighted by molar-refractivity contribution is 0.336. The second-order valence-corrected chi connectivity index (χ2v) is 5.09. The van der Waals surface area contributed by atoms with Crippen molar-refractivity contribution in [2.45, 2.75) is 40.5 Å². The third-order valence-electron chi connectivity index (χ3n) is 2.91. The summed E-state index contributed by atoms with van der Waals surface area (Å²) in [5.41, 5.74) is 2.75. The van der Waals surface area contributed by atoms with Crippen LogP contribution in [0.1, 0.15) is 40.5 Å². The van der Waals surface area contributed by atoms with Gasteiger partial charge in [-0.2, -0.15) is 0 Å². The molecule has 1 rings (SSSR count). The molecule has 0 aromatic heterocycles. The molecule has 0 N–H and O–H groups in total. The number of allylic oxidation sites excluding steroid dienone is 3. The lowest BCUT2D eigenvalue weighted by Crippen LogP contribution is -1.95. The molecule has 0 atom stereocenters. The summed E-state index contributed by atoms with van der Waals surface area (Å²) in [6.07, 6.45) is 6.62. The lowest BCUT2D eigenvalue weighted by atomic mass is 10.1. The molecule has 0 saturated heterocycles. The van der Waals surface area contributed by atoms with E-state index in [1.54, 1.807) is 0 Å². The van der Waals surface area contributed by atoms with Crippen LogP contribution in [0.2, 0.25) is 0 Å². The van der Waals surface area contributed by atoms with Crippen molar-refractivity contribution in [2.24, 2.45) is 0 Å². The standard InChI is InChI=1S/C18H26O2/c1-5-19-17-9-11-18(12-10-17)20-14-13-16(4)8-6-7-15(2)3/h7,9-13H,5-6,8,14H2,1-4H3/b16-13+. The number of hydrogen-bond acceptors (Lipinski definition) is 2. The van der Waals surface area contributed by atoms with Crippen molar-refractivity contribution in [1.29, 1.82) is 0 Å². The van der Waals surface area contributed by atoms with Crippen LogP contribution in [0.15, 0.2) is 47.6 Å². The van der Waals surface area contributed by atoms with E-state index in [0.29, 0.717) is 13.2 Å². The average molecular weight is 274 g/mol. The minimum absolute atomic E-state index is 0.620. The van der Waals surface area contributed by atoms with Crippen LogP contribution in [0.25, 0.3) is 0 Å². The van der Waals surface area contributed by atoms with Gasteiger partial charge in [0.05, 0.1) is 6.61 Å². The predicted molar refractivity (Wildman–Crippen MR) is 85.5 cm³/mol. The van der Waals surface area contributed by atoms with Crippen molar-refractivity contribution in [3.8, 4) is 11.5 Å². The molecule has 0 unspecified atom stereocenters. The van der Waals surface area contributed by atoms with Gasteiger partial charge in [-0.25, -0.2) is 0 Å². The monoisotopic (exact) mass is 274 g/mol.